The number of hydrogen-bond acceptors (Lipinski definition) is 6. The molecule has 1 aromatic carbocycles. The predicted molar refractivity (Wildman–Crippen MR) is 116 cm³/mol. The molecule has 10 heteroatoms. The van der Waals surface area contributed by atoms with E-state index in [0.717, 1.165) is 13.0 Å². The number of rotatable bonds is 6. The van der Waals surface area contributed by atoms with E-state index in [1.54, 1.807) is 52.8 Å². The van der Waals surface area contributed by atoms with E-state index in [9.17, 15) is 23.1 Å². The largest absolute Gasteiger partial charge is 0.508 e. The molecule has 1 unspecified atom stereocenters. The van der Waals surface area contributed by atoms with Gasteiger partial charge in [0.15, 0.2) is 5.60 Å². The number of alkyl halides is 3. The Morgan fingerprint density at radius 1 is 1.09 bits per heavy atom. The lowest BCUT2D eigenvalue weighted by Gasteiger charge is -2.32. The Balaban J connectivity index is 2.02. The number of allylic oxidation sites excluding steroid dienone is 2. The molecule has 0 radical (unpaired) electrons. The fourth-order valence-electron chi connectivity index (χ4n) is 3.71. The number of para-hydroxylation sites is 1. The van der Waals surface area contributed by atoms with Crippen LogP contribution in [-0.4, -0.2) is 47.8 Å². The molecule has 0 spiro atoms. The molecule has 180 valence electrons. The topological polar surface area (TPSA) is 74.2 Å². The monoisotopic (exact) mass is 468 g/mol. The number of aliphatic hydroxyl groups excluding tert-OH is 1. The van der Waals surface area contributed by atoms with Gasteiger partial charge in [-0.05, 0) is 53.7 Å². The minimum Gasteiger partial charge on any atom is -0.508 e. The number of carbonyl (C=O) groups excluding carboxylic acids is 1. The van der Waals surface area contributed by atoms with Gasteiger partial charge in [-0.2, -0.15) is 13.2 Å². The summed E-state index contributed by atoms with van der Waals surface area (Å²) >= 11 is 0. The Morgan fingerprint density at radius 3 is 2.21 bits per heavy atom. The van der Waals surface area contributed by atoms with Gasteiger partial charge in [0.2, 0.25) is 0 Å². The van der Waals surface area contributed by atoms with Gasteiger partial charge in [0.05, 0.1) is 29.8 Å². The van der Waals surface area contributed by atoms with Gasteiger partial charge >= 0.3 is 19.3 Å². The molecule has 33 heavy (non-hydrogen) atoms. The fraction of sp³-hybridized carbons (Fsp3) is 0.522. The summed E-state index contributed by atoms with van der Waals surface area (Å²) in [6, 6.07) is 6.19. The van der Waals surface area contributed by atoms with Crippen molar-refractivity contribution in [2.45, 2.75) is 70.9 Å². The van der Waals surface area contributed by atoms with Gasteiger partial charge < -0.3 is 23.9 Å². The van der Waals surface area contributed by atoms with Crippen LogP contribution in [0, 0.1) is 0 Å². The number of aliphatic hydroxyl groups is 1. The van der Waals surface area contributed by atoms with E-state index in [2.05, 4.69) is 0 Å². The molecule has 0 amide bonds. The van der Waals surface area contributed by atoms with Crippen molar-refractivity contribution in [1.29, 1.82) is 0 Å². The molecule has 1 saturated heterocycles. The lowest BCUT2D eigenvalue weighted by atomic mass is 9.78. The smallest absolute Gasteiger partial charge is 0.498 e. The Labute approximate surface area is 191 Å². The number of ether oxygens (including phenoxy) is 2. The van der Waals surface area contributed by atoms with Crippen molar-refractivity contribution in [1.82, 2.24) is 0 Å². The van der Waals surface area contributed by atoms with Crippen LogP contribution < -0.4 is 4.74 Å². The second kappa shape index (κ2) is 8.40. The van der Waals surface area contributed by atoms with Crippen molar-refractivity contribution in [2.75, 3.05) is 6.61 Å². The molecule has 1 atom stereocenters. The standard InChI is InChI=1S/C23H28BF3O6/c1-7-30-18(28)12-14-10-8-9-11-16(14)31-22(6)17(23(25,26)27)13-15(19(22)29)24-32-20(2,3)21(4,5)33-24/h8-11,13,29H,7,12H2,1-6H3. The summed E-state index contributed by atoms with van der Waals surface area (Å²) in [6.45, 7) is 9.98. The van der Waals surface area contributed by atoms with Gasteiger partial charge in [-0.3, -0.25) is 4.79 Å². The highest BCUT2D eigenvalue weighted by Gasteiger charge is 2.60. The van der Waals surface area contributed by atoms with Crippen LogP contribution in [0.1, 0.15) is 47.1 Å². The number of carbonyl (C=O) groups is 1. The van der Waals surface area contributed by atoms with E-state index in [1.807, 2.05) is 0 Å². The third-order valence-corrected chi connectivity index (χ3v) is 6.28. The van der Waals surface area contributed by atoms with Gasteiger partial charge in [-0.1, -0.05) is 18.2 Å². The summed E-state index contributed by atoms with van der Waals surface area (Å²) in [5.74, 6) is -1.20. The molecule has 0 aromatic heterocycles. The maximum atomic E-state index is 14.1. The van der Waals surface area contributed by atoms with Crippen molar-refractivity contribution in [2.24, 2.45) is 0 Å². The van der Waals surface area contributed by atoms with Gasteiger partial charge in [-0.15, -0.1) is 0 Å². The highest BCUT2D eigenvalue weighted by atomic mass is 19.4. The highest BCUT2D eigenvalue weighted by molar-refractivity contribution is 6.56. The molecule has 1 N–H and O–H groups in total. The van der Waals surface area contributed by atoms with E-state index in [-0.39, 0.29) is 24.2 Å². The minimum absolute atomic E-state index is 0.0184. The molecule has 2 aliphatic rings. The second-order valence-electron chi connectivity index (χ2n) is 9.17. The zero-order valence-electron chi connectivity index (χ0n) is 19.5. The van der Waals surface area contributed by atoms with Crippen LogP contribution in [0.15, 0.2) is 47.1 Å². The number of hydrogen-bond donors (Lipinski definition) is 1. The number of halogens is 3. The van der Waals surface area contributed by atoms with E-state index in [1.165, 1.54) is 6.07 Å². The average Bonchev–Trinajstić information content (AvgIpc) is 3.06. The number of esters is 1. The molecular weight excluding hydrogens is 440 g/mol. The lowest BCUT2D eigenvalue weighted by Crippen LogP contribution is -2.41. The van der Waals surface area contributed by atoms with E-state index in [4.69, 9.17) is 18.8 Å². The summed E-state index contributed by atoms with van der Waals surface area (Å²) in [7, 11) is -1.22. The molecule has 1 aliphatic carbocycles. The van der Waals surface area contributed by atoms with E-state index < -0.39 is 47.4 Å². The fourth-order valence-corrected chi connectivity index (χ4v) is 3.71. The average molecular weight is 468 g/mol. The summed E-state index contributed by atoms with van der Waals surface area (Å²) in [6.07, 6.45) is -4.20. The Kier molecular flexibility index (Phi) is 6.41. The molecule has 6 nitrogen and oxygen atoms in total. The zero-order valence-corrected chi connectivity index (χ0v) is 19.5. The van der Waals surface area contributed by atoms with Gasteiger partial charge in [0.25, 0.3) is 0 Å². The van der Waals surface area contributed by atoms with Crippen molar-refractivity contribution >= 4 is 13.1 Å². The third kappa shape index (κ3) is 4.63. The molecule has 0 bridgehead atoms. The highest BCUT2D eigenvalue weighted by Crippen LogP contribution is 2.49. The Morgan fingerprint density at radius 2 is 1.67 bits per heavy atom. The maximum absolute atomic E-state index is 14.1. The summed E-state index contributed by atoms with van der Waals surface area (Å²) in [4.78, 5) is 12.0. The van der Waals surface area contributed by atoms with Crippen molar-refractivity contribution in [3.05, 3.63) is 52.7 Å². The normalized spacial score (nSPS) is 24.2. The molecule has 1 aromatic rings. The molecular formula is C23H28BF3O6. The first-order chi connectivity index (χ1) is 15.1. The van der Waals surface area contributed by atoms with Gasteiger partial charge in [0.1, 0.15) is 11.5 Å². The van der Waals surface area contributed by atoms with Crippen LogP contribution >= 0.6 is 0 Å². The van der Waals surface area contributed by atoms with E-state index in [0.29, 0.717) is 5.56 Å². The molecule has 1 heterocycles. The minimum atomic E-state index is -4.82. The summed E-state index contributed by atoms with van der Waals surface area (Å²) in [5, 5.41) is 11.0. The summed E-state index contributed by atoms with van der Waals surface area (Å²) in [5.41, 5.74) is -4.85. The van der Waals surface area contributed by atoms with Crippen LogP contribution in [0.2, 0.25) is 0 Å². The van der Waals surface area contributed by atoms with Gasteiger partial charge in [0, 0.05) is 11.0 Å². The van der Waals surface area contributed by atoms with Gasteiger partial charge in [-0.25, -0.2) is 0 Å². The van der Waals surface area contributed by atoms with Crippen LogP contribution in [0.3, 0.4) is 0 Å². The molecule has 1 aliphatic heterocycles. The third-order valence-electron chi connectivity index (χ3n) is 6.28. The van der Waals surface area contributed by atoms with E-state index >= 15 is 0 Å². The Hall–Kier alpha value is -2.46. The second-order valence-corrected chi connectivity index (χ2v) is 9.17. The first-order valence-electron chi connectivity index (χ1n) is 10.6. The van der Waals surface area contributed by atoms with Crippen LogP contribution in [0.25, 0.3) is 0 Å². The SMILES string of the molecule is CCOC(=O)Cc1ccccc1OC1(C)C(C(F)(F)F)=CC(B2OC(C)(C)C(C)(C)O2)=C1O. The predicted octanol–water partition coefficient (Wildman–Crippen LogP) is 4.88. The summed E-state index contributed by atoms with van der Waals surface area (Å²) < 4.78 is 64.7. The maximum Gasteiger partial charge on any atom is 0.498 e. The first kappa shape index (κ1) is 25.2. The van der Waals surface area contributed by atoms with Crippen molar-refractivity contribution < 1.29 is 41.9 Å². The first-order valence-corrected chi connectivity index (χ1v) is 10.6. The van der Waals surface area contributed by atoms with Crippen molar-refractivity contribution in [3.63, 3.8) is 0 Å². The number of benzene rings is 1. The molecule has 0 saturated carbocycles. The lowest BCUT2D eigenvalue weighted by molar-refractivity contribution is -0.142. The molecule has 3 rings (SSSR count). The van der Waals surface area contributed by atoms with Crippen LogP contribution in [0.5, 0.6) is 5.75 Å². The zero-order chi connectivity index (χ0) is 24.8. The quantitative estimate of drug-likeness (QED) is 0.474. The van der Waals surface area contributed by atoms with Crippen LogP contribution in [-0.2, 0) is 25.3 Å². The van der Waals surface area contributed by atoms with Crippen LogP contribution in [0.4, 0.5) is 13.2 Å². The van der Waals surface area contributed by atoms with Crippen molar-refractivity contribution in [3.8, 4) is 5.75 Å². The molecule has 1 fully saturated rings. The Bertz CT molecular complexity index is 982.